The van der Waals surface area contributed by atoms with Crippen LogP contribution in [0.5, 0.6) is 0 Å². The van der Waals surface area contributed by atoms with Crippen LogP contribution in [0.15, 0.2) is 35.0 Å². The molecular formula is C17H23NS2. The molecule has 20 heavy (non-hydrogen) atoms. The van der Waals surface area contributed by atoms with E-state index in [4.69, 9.17) is 0 Å². The first-order valence-corrected chi connectivity index (χ1v) is 9.40. The second-order valence-corrected chi connectivity index (χ2v) is 7.86. The number of thiophene rings is 2. The Morgan fingerprint density at radius 1 is 1.15 bits per heavy atom. The predicted octanol–water partition coefficient (Wildman–Crippen LogP) is 5.26. The summed E-state index contributed by atoms with van der Waals surface area (Å²) < 4.78 is 0. The molecule has 0 amide bonds. The molecule has 2 heterocycles. The van der Waals surface area contributed by atoms with Crippen molar-refractivity contribution in [3.63, 3.8) is 0 Å². The Morgan fingerprint density at radius 3 is 2.55 bits per heavy atom. The molecule has 2 atom stereocenters. The summed E-state index contributed by atoms with van der Waals surface area (Å²) >= 11 is 3.75. The van der Waals surface area contributed by atoms with E-state index in [1.807, 2.05) is 22.7 Å². The van der Waals surface area contributed by atoms with Crippen LogP contribution in [0.1, 0.15) is 48.4 Å². The van der Waals surface area contributed by atoms with Gasteiger partial charge in [0.2, 0.25) is 0 Å². The summed E-state index contributed by atoms with van der Waals surface area (Å²) in [7, 11) is 0. The largest absolute Gasteiger partial charge is 0.306 e. The minimum atomic E-state index is 0.476. The van der Waals surface area contributed by atoms with Crippen LogP contribution in [0.2, 0.25) is 0 Å². The smallest absolute Gasteiger partial charge is 0.0465 e. The van der Waals surface area contributed by atoms with Crippen LogP contribution in [-0.2, 0) is 6.42 Å². The fraction of sp³-hybridized carbons (Fsp3) is 0.529. The molecule has 0 spiro atoms. The third-order valence-electron chi connectivity index (χ3n) is 4.44. The average molecular weight is 306 g/mol. The summed E-state index contributed by atoms with van der Waals surface area (Å²) in [5.41, 5.74) is 0. The number of hydrogen-bond acceptors (Lipinski definition) is 3. The van der Waals surface area contributed by atoms with Crippen molar-refractivity contribution in [2.45, 2.75) is 51.1 Å². The molecule has 1 aliphatic rings. The van der Waals surface area contributed by atoms with Gasteiger partial charge in [0.05, 0.1) is 0 Å². The van der Waals surface area contributed by atoms with Gasteiger partial charge in [-0.15, -0.1) is 22.7 Å². The third kappa shape index (κ3) is 3.51. The lowest BCUT2D eigenvalue weighted by atomic mass is 9.98. The van der Waals surface area contributed by atoms with Gasteiger partial charge in [-0.1, -0.05) is 25.0 Å². The molecule has 0 aromatic carbocycles. The first-order chi connectivity index (χ1) is 9.83. The van der Waals surface area contributed by atoms with Crippen LogP contribution in [0.3, 0.4) is 0 Å². The van der Waals surface area contributed by atoms with E-state index in [2.05, 4.69) is 47.3 Å². The zero-order chi connectivity index (χ0) is 13.8. The van der Waals surface area contributed by atoms with Gasteiger partial charge in [0.15, 0.2) is 0 Å². The summed E-state index contributed by atoms with van der Waals surface area (Å²) in [5, 5.41) is 8.29. The molecule has 1 aliphatic carbocycles. The third-order valence-corrected chi connectivity index (χ3v) is 6.33. The SMILES string of the molecule is C[C@H](NC(Cc1cccs1)c1cccs1)C1CCCC1. The normalized spacial score (nSPS) is 19.2. The zero-order valence-corrected chi connectivity index (χ0v) is 13.7. The van der Waals surface area contributed by atoms with Crippen LogP contribution in [0.4, 0.5) is 0 Å². The van der Waals surface area contributed by atoms with Gasteiger partial charge in [0, 0.05) is 28.3 Å². The molecule has 3 rings (SSSR count). The minimum Gasteiger partial charge on any atom is -0.306 e. The van der Waals surface area contributed by atoms with Gasteiger partial charge in [-0.05, 0) is 48.6 Å². The maximum atomic E-state index is 3.92. The molecule has 0 saturated heterocycles. The predicted molar refractivity (Wildman–Crippen MR) is 89.6 cm³/mol. The molecule has 2 aromatic heterocycles. The van der Waals surface area contributed by atoms with Crippen molar-refractivity contribution >= 4 is 22.7 Å². The Balaban J connectivity index is 1.68. The van der Waals surface area contributed by atoms with Gasteiger partial charge in [0.25, 0.3) is 0 Å². The van der Waals surface area contributed by atoms with E-state index >= 15 is 0 Å². The molecule has 1 nitrogen and oxygen atoms in total. The molecule has 0 aliphatic heterocycles. The van der Waals surface area contributed by atoms with Crippen molar-refractivity contribution in [3.8, 4) is 0 Å². The van der Waals surface area contributed by atoms with Gasteiger partial charge in [-0.2, -0.15) is 0 Å². The summed E-state index contributed by atoms with van der Waals surface area (Å²) in [5.74, 6) is 0.876. The summed E-state index contributed by atoms with van der Waals surface area (Å²) in [4.78, 5) is 2.96. The topological polar surface area (TPSA) is 12.0 Å². The zero-order valence-electron chi connectivity index (χ0n) is 12.0. The Labute approximate surface area is 130 Å². The van der Waals surface area contributed by atoms with Crippen molar-refractivity contribution in [3.05, 3.63) is 44.8 Å². The van der Waals surface area contributed by atoms with E-state index < -0.39 is 0 Å². The molecule has 1 fully saturated rings. The lowest BCUT2D eigenvalue weighted by Crippen LogP contribution is -2.36. The van der Waals surface area contributed by atoms with Crippen molar-refractivity contribution in [1.82, 2.24) is 5.32 Å². The summed E-state index contributed by atoms with van der Waals surface area (Å²) in [6, 6.07) is 9.97. The lowest BCUT2D eigenvalue weighted by molar-refractivity contribution is 0.344. The van der Waals surface area contributed by atoms with Crippen molar-refractivity contribution < 1.29 is 0 Å². The van der Waals surface area contributed by atoms with Gasteiger partial charge >= 0.3 is 0 Å². The molecular weight excluding hydrogens is 282 g/mol. The van der Waals surface area contributed by atoms with Crippen molar-refractivity contribution in [2.75, 3.05) is 0 Å². The standard InChI is InChI=1S/C17H23NS2/c1-13(14-6-2-3-7-14)18-16(17-9-5-11-20-17)12-15-8-4-10-19-15/h4-5,8-11,13-14,16,18H,2-3,6-7,12H2,1H3/t13-,16?/m0/s1. The van der Waals surface area contributed by atoms with Crippen LogP contribution < -0.4 is 5.32 Å². The van der Waals surface area contributed by atoms with Crippen molar-refractivity contribution in [2.24, 2.45) is 5.92 Å². The van der Waals surface area contributed by atoms with Gasteiger partial charge in [-0.3, -0.25) is 0 Å². The van der Waals surface area contributed by atoms with Crippen molar-refractivity contribution in [1.29, 1.82) is 0 Å². The van der Waals surface area contributed by atoms with E-state index in [1.165, 1.54) is 35.4 Å². The van der Waals surface area contributed by atoms with Crippen LogP contribution >= 0.6 is 22.7 Å². The van der Waals surface area contributed by atoms with E-state index in [1.54, 1.807) is 0 Å². The average Bonchev–Trinajstić information content (AvgIpc) is 3.20. The van der Waals surface area contributed by atoms with Gasteiger partial charge in [-0.25, -0.2) is 0 Å². The quantitative estimate of drug-likeness (QED) is 0.767. The second-order valence-electron chi connectivity index (χ2n) is 5.85. The highest BCUT2D eigenvalue weighted by Crippen LogP contribution is 2.31. The van der Waals surface area contributed by atoms with Crippen LogP contribution in [-0.4, -0.2) is 6.04 Å². The van der Waals surface area contributed by atoms with E-state index in [0.717, 1.165) is 12.3 Å². The van der Waals surface area contributed by atoms with E-state index in [0.29, 0.717) is 12.1 Å². The Bertz CT molecular complexity index is 483. The summed E-state index contributed by atoms with van der Waals surface area (Å²) in [6.07, 6.45) is 6.78. The molecule has 1 unspecified atom stereocenters. The van der Waals surface area contributed by atoms with E-state index in [9.17, 15) is 0 Å². The Morgan fingerprint density at radius 2 is 1.90 bits per heavy atom. The molecule has 1 N–H and O–H groups in total. The molecule has 0 radical (unpaired) electrons. The van der Waals surface area contributed by atoms with Gasteiger partial charge < -0.3 is 5.32 Å². The molecule has 3 heteroatoms. The van der Waals surface area contributed by atoms with E-state index in [-0.39, 0.29) is 0 Å². The summed E-state index contributed by atoms with van der Waals surface area (Å²) in [6.45, 7) is 2.38. The second kappa shape index (κ2) is 6.88. The fourth-order valence-electron chi connectivity index (χ4n) is 3.27. The monoisotopic (exact) mass is 305 g/mol. The van der Waals surface area contributed by atoms with Crippen LogP contribution in [0.25, 0.3) is 0 Å². The highest BCUT2D eigenvalue weighted by molar-refractivity contribution is 7.10. The first kappa shape index (κ1) is 14.3. The molecule has 108 valence electrons. The Hall–Kier alpha value is -0.640. The maximum Gasteiger partial charge on any atom is 0.0465 e. The Kier molecular flexibility index (Phi) is 4.92. The number of rotatable bonds is 6. The lowest BCUT2D eigenvalue weighted by Gasteiger charge is -2.26. The van der Waals surface area contributed by atoms with Crippen LogP contribution in [0, 0.1) is 5.92 Å². The highest BCUT2D eigenvalue weighted by Gasteiger charge is 2.24. The van der Waals surface area contributed by atoms with Gasteiger partial charge in [0.1, 0.15) is 0 Å². The molecule has 1 saturated carbocycles. The number of nitrogens with one attached hydrogen (secondary N) is 1. The maximum absolute atomic E-state index is 3.92. The molecule has 0 bridgehead atoms. The highest BCUT2D eigenvalue weighted by atomic mass is 32.1. The molecule has 2 aromatic rings. The minimum absolute atomic E-state index is 0.476. The fourth-order valence-corrected chi connectivity index (χ4v) is 4.81. The first-order valence-electron chi connectivity index (χ1n) is 7.65. The number of hydrogen-bond donors (Lipinski definition) is 1.